The second kappa shape index (κ2) is 5.85. The molecule has 0 aliphatic rings. The number of hydrogen-bond donors (Lipinski definition) is 1. The second-order valence-electron chi connectivity index (χ2n) is 4.32. The third kappa shape index (κ3) is 3.45. The molecule has 0 saturated carbocycles. The number of H-pyrrole nitrogens is 1. The second-order valence-corrected chi connectivity index (χ2v) is 4.73. The summed E-state index contributed by atoms with van der Waals surface area (Å²) in [4.78, 5) is 16.3. The van der Waals surface area contributed by atoms with Crippen molar-refractivity contribution in [1.82, 2.24) is 9.88 Å². The maximum atomic E-state index is 11.7. The van der Waals surface area contributed by atoms with E-state index in [1.54, 1.807) is 12.1 Å². The Morgan fingerprint density at radius 2 is 1.83 bits per heavy atom. The molecule has 0 unspecified atom stereocenters. The molecule has 0 radical (unpaired) electrons. The van der Waals surface area contributed by atoms with Gasteiger partial charge in [0.2, 0.25) is 0 Å². The van der Waals surface area contributed by atoms with Crippen LogP contribution in [0.3, 0.4) is 0 Å². The van der Waals surface area contributed by atoms with Crippen molar-refractivity contribution in [2.75, 3.05) is 7.05 Å². The molecule has 0 atom stereocenters. The maximum Gasteiger partial charge on any atom is 0.253 e. The molecule has 1 N–H and O–H groups in total. The van der Waals surface area contributed by atoms with Crippen molar-refractivity contribution >= 4 is 11.6 Å². The van der Waals surface area contributed by atoms with Crippen LogP contribution in [0.1, 0.15) is 11.1 Å². The molecule has 1 aromatic carbocycles. The zero-order valence-electron chi connectivity index (χ0n) is 10.2. The Labute approximate surface area is 111 Å². The van der Waals surface area contributed by atoms with Crippen molar-refractivity contribution in [3.8, 4) is 0 Å². The number of pyridine rings is 1. The van der Waals surface area contributed by atoms with E-state index in [1.807, 2.05) is 25.2 Å². The van der Waals surface area contributed by atoms with Gasteiger partial charge in [0.15, 0.2) is 0 Å². The third-order valence-corrected chi connectivity index (χ3v) is 2.91. The summed E-state index contributed by atoms with van der Waals surface area (Å²) in [5.74, 6) is 0. The monoisotopic (exact) mass is 262 g/mol. The fourth-order valence-corrected chi connectivity index (χ4v) is 1.99. The van der Waals surface area contributed by atoms with E-state index >= 15 is 0 Å². The van der Waals surface area contributed by atoms with Crippen LogP contribution in [0.25, 0.3) is 0 Å². The minimum Gasteiger partial charge on any atom is -0.313 e. The minimum absolute atomic E-state index is 0.123. The first-order chi connectivity index (χ1) is 8.65. The molecule has 0 fully saturated rings. The highest BCUT2D eigenvalue weighted by molar-refractivity contribution is 6.29. The van der Waals surface area contributed by atoms with Gasteiger partial charge in [0.25, 0.3) is 5.56 Å². The Bertz CT molecular complexity index is 566. The highest BCUT2D eigenvalue weighted by atomic mass is 35.5. The predicted molar refractivity (Wildman–Crippen MR) is 73.7 cm³/mol. The summed E-state index contributed by atoms with van der Waals surface area (Å²) < 4.78 is 0. The topological polar surface area (TPSA) is 36.1 Å². The van der Waals surface area contributed by atoms with E-state index in [9.17, 15) is 4.79 Å². The van der Waals surface area contributed by atoms with Crippen LogP contribution in [0.5, 0.6) is 0 Å². The van der Waals surface area contributed by atoms with Crippen LogP contribution in [0.2, 0.25) is 5.15 Å². The molecule has 2 aromatic rings. The Morgan fingerprint density at radius 3 is 2.50 bits per heavy atom. The van der Waals surface area contributed by atoms with Gasteiger partial charge in [-0.2, -0.15) is 0 Å². The zero-order valence-corrected chi connectivity index (χ0v) is 10.9. The van der Waals surface area contributed by atoms with Crippen LogP contribution in [0.4, 0.5) is 0 Å². The predicted octanol–water partition coefficient (Wildman–Crippen LogP) is 2.66. The Morgan fingerprint density at radius 1 is 1.11 bits per heavy atom. The molecule has 2 rings (SSSR count). The SMILES string of the molecule is CN(Cc1ccccc1)Cc1ccc(Cl)[nH]c1=O. The number of aromatic amines is 1. The Hall–Kier alpha value is -1.58. The van der Waals surface area contributed by atoms with Crippen molar-refractivity contribution < 1.29 is 0 Å². The molecule has 0 amide bonds. The first-order valence-corrected chi connectivity index (χ1v) is 6.13. The quantitative estimate of drug-likeness (QED) is 0.860. The Kier molecular flexibility index (Phi) is 4.18. The lowest BCUT2D eigenvalue weighted by atomic mass is 10.2. The highest BCUT2D eigenvalue weighted by Gasteiger charge is 2.05. The van der Waals surface area contributed by atoms with Gasteiger partial charge in [-0.05, 0) is 24.7 Å². The summed E-state index contributed by atoms with van der Waals surface area (Å²) in [7, 11) is 1.99. The summed E-state index contributed by atoms with van der Waals surface area (Å²) in [6, 6.07) is 13.6. The summed E-state index contributed by atoms with van der Waals surface area (Å²) in [6.07, 6.45) is 0. The van der Waals surface area contributed by atoms with E-state index in [-0.39, 0.29) is 5.56 Å². The van der Waals surface area contributed by atoms with Gasteiger partial charge in [-0.25, -0.2) is 0 Å². The third-order valence-electron chi connectivity index (χ3n) is 2.69. The van der Waals surface area contributed by atoms with Gasteiger partial charge in [0.1, 0.15) is 5.15 Å². The Balaban J connectivity index is 2.03. The van der Waals surface area contributed by atoms with Gasteiger partial charge in [-0.3, -0.25) is 9.69 Å². The molecule has 1 aromatic heterocycles. The average Bonchev–Trinajstić information content (AvgIpc) is 2.34. The molecular formula is C14H15ClN2O. The number of halogens is 1. The molecule has 18 heavy (non-hydrogen) atoms. The van der Waals surface area contributed by atoms with E-state index in [2.05, 4.69) is 22.0 Å². The molecule has 0 aliphatic carbocycles. The van der Waals surface area contributed by atoms with Crippen molar-refractivity contribution in [3.05, 3.63) is 69.1 Å². The van der Waals surface area contributed by atoms with E-state index in [4.69, 9.17) is 11.6 Å². The standard InChI is InChI=1S/C14H15ClN2O/c1-17(9-11-5-3-2-4-6-11)10-12-7-8-13(15)16-14(12)18/h2-8H,9-10H2,1H3,(H,16,18). The molecule has 4 heteroatoms. The van der Waals surface area contributed by atoms with Crippen LogP contribution >= 0.6 is 11.6 Å². The van der Waals surface area contributed by atoms with Gasteiger partial charge in [-0.1, -0.05) is 41.9 Å². The van der Waals surface area contributed by atoms with E-state index < -0.39 is 0 Å². The highest BCUT2D eigenvalue weighted by Crippen LogP contribution is 2.07. The smallest absolute Gasteiger partial charge is 0.253 e. The number of nitrogens with zero attached hydrogens (tertiary/aromatic N) is 1. The maximum absolute atomic E-state index is 11.7. The van der Waals surface area contributed by atoms with E-state index in [1.165, 1.54) is 5.56 Å². The number of aromatic nitrogens is 1. The molecular weight excluding hydrogens is 248 g/mol. The van der Waals surface area contributed by atoms with Crippen molar-refractivity contribution in [2.24, 2.45) is 0 Å². The van der Waals surface area contributed by atoms with Crippen molar-refractivity contribution in [1.29, 1.82) is 0 Å². The largest absolute Gasteiger partial charge is 0.313 e. The molecule has 3 nitrogen and oxygen atoms in total. The van der Waals surface area contributed by atoms with Gasteiger partial charge >= 0.3 is 0 Å². The van der Waals surface area contributed by atoms with E-state index in [0.717, 1.165) is 12.1 Å². The van der Waals surface area contributed by atoms with Crippen molar-refractivity contribution in [3.63, 3.8) is 0 Å². The fraction of sp³-hybridized carbons (Fsp3) is 0.214. The van der Waals surface area contributed by atoms with Crippen molar-refractivity contribution in [2.45, 2.75) is 13.1 Å². The fourth-order valence-electron chi connectivity index (χ4n) is 1.85. The summed E-state index contributed by atoms with van der Waals surface area (Å²) in [6.45, 7) is 1.41. The van der Waals surface area contributed by atoms with E-state index in [0.29, 0.717) is 11.7 Å². The van der Waals surface area contributed by atoms with Crippen LogP contribution in [-0.2, 0) is 13.1 Å². The summed E-state index contributed by atoms with van der Waals surface area (Å²) in [5.41, 5.74) is 1.82. The lowest BCUT2D eigenvalue weighted by molar-refractivity contribution is 0.317. The number of benzene rings is 1. The lowest BCUT2D eigenvalue weighted by Gasteiger charge is -2.16. The van der Waals surface area contributed by atoms with Crippen LogP contribution < -0.4 is 5.56 Å². The molecule has 1 heterocycles. The molecule has 0 aliphatic heterocycles. The van der Waals surface area contributed by atoms with Crippen LogP contribution in [0, 0.1) is 0 Å². The molecule has 0 saturated heterocycles. The molecule has 0 spiro atoms. The van der Waals surface area contributed by atoms with Gasteiger partial charge in [0, 0.05) is 18.7 Å². The first-order valence-electron chi connectivity index (χ1n) is 5.75. The number of hydrogen-bond acceptors (Lipinski definition) is 2. The molecule has 0 bridgehead atoms. The average molecular weight is 263 g/mol. The minimum atomic E-state index is -0.123. The normalized spacial score (nSPS) is 10.8. The lowest BCUT2D eigenvalue weighted by Crippen LogP contribution is -2.23. The van der Waals surface area contributed by atoms with Crippen LogP contribution in [0.15, 0.2) is 47.3 Å². The van der Waals surface area contributed by atoms with Gasteiger partial charge < -0.3 is 4.98 Å². The zero-order chi connectivity index (χ0) is 13.0. The van der Waals surface area contributed by atoms with Crippen LogP contribution in [-0.4, -0.2) is 16.9 Å². The number of rotatable bonds is 4. The van der Waals surface area contributed by atoms with Gasteiger partial charge in [-0.15, -0.1) is 0 Å². The van der Waals surface area contributed by atoms with Gasteiger partial charge in [0.05, 0.1) is 0 Å². The molecule has 94 valence electrons. The first kappa shape index (κ1) is 12.9. The summed E-state index contributed by atoms with van der Waals surface area (Å²) >= 11 is 5.71. The summed E-state index contributed by atoms with van der Waals surface area (Å²) in [5, 5.41) is 0.370. The number of nitrogens with one attached hydrogen (secondary N) is 1.